The molecule has 0 fully saturated rings. The van der Waals surface area contributed by atoms with Crippen molar-refractivity contribution in [3.63, 3.8) is 0 Å². The molecule has 0 aliphatic rings. The molecular weight excluding hydrogens is 168 g/mol. The van der Waals surface area contributed by atoms with Gasteiger partial charge in [0.1, 0.15) is 6.07 Å². The SMILES string of the molecule is CC(C(=O)O)c1ccc(C#N)cn1. The van der Waals surface area contributed by atoms with Crippen molar-refractivity contribution >= 4 is 5.97 Å². The highest BCUT2D eigenvalue weighted by Gasteiger charge is 2.14. The van der Waals surface area contributed by atoms with Gasteiger partial charge in [-0.05, 0) is 19.1 Å². The Labute approximate surface area is 75.5 Å². The highest BCUT2D eigenvalue weighted by Crippen LogP contribution is 2.12. The number of hydrogen-bond acceptors (Lipinski definition) is 3. The maximum absolute atomic E-state index is 10.5. The van der Waals surface area contributed by atoms with Gasteiger partial charge in [0.15, 0.2) is 0 Å². The maximum Gasteiger partial charge on any atom is 0.312 e. The van der Waals surface area contributed by atoms with E-state index in [0.29, 0.717) is 11.3 Å². The van der Waals surface area contributed by atoms with Crippen LogP contribution in [0.4, 0.5) is 0 Å². The van der Waals surface area contributed by atoms with Crippen LogP contribution in [0.25, 0.3) is 0 Å². The predicted octanol–water partition coefficient (Wildman–Crippen LogP) is 1.14. The number of aromatic nitrogens is 1. The summed E-state index contributed by atoms with van der Waals surface area (Å²) in [7, 11) is 0. The summed E-state index contributed by atoms with van der Waals surface area (Å²) in [6.07, 6.45) is 1.37. The van der Waals surface area contributed by atoms with Crippen LogP contribution in [0, 0.1) is 11.3 Å². The molecule has 1 aromatic rings. The van der Waals surface area contributed by atoms with E-state index in [1.807, 2.05) is 6.07 Å². The van der Waals surface area contributed by atoms with Gasteiger partial charge >= 0.3 is 5.97 Å². The van der Waals surface area contributed by atoms with Crippen molar-refractivity contribution in [3.8, 4) is 6.07 Å². The zero-order valence-electron chi connectivity index (χ0n) is 7.06. The predicted molar refractivity (Wildman–Crippen MR) is 45.0 cm³/mol. The molecule has 0 aromatic carbocycles. The molecule has 13 heavy (non-hydrogen) atoms. The first-order chi connectivity index (χ1) is 6.15. The number of nitriles is 1. The standard InChI is InChI=1S/C9H8N2O2/c1-6(9(12)13)8-3-2-7(4-10)5-11-8/h2-3,5-6H,1H3,(H,12,13). The lowest BCUT2D eigenvalue weighted by molar-refractivity contribution is -0.138. The van der Waals surface area contributed by atoms with Crippen molar-refractivity contribution in [1.29, 1.82) is 5.26 Å². The summed E-state index contributed by atoms with van der Waals surface area (Å²) in [5.41, 5.74) is 0.896. The van der Waals surface area contributed by atoms with Gasteiger partial charge < -0.3 is 5.11 Å². The molecule has 0 bridgehead atoms. The van der Waals surface area contributed by atoms with Crippen molar-refractivity contribution in [3.05, 3.63) is 29.6 Å². The lowest BCUT2D eigenvalue weighted by Crippen LogP contribution is -2.08. The summed E-state index contributed by atoms with van der Waals surface area (Å²) >= 11 is 0. The minimum Gasteiger partial charge on any atom is -0.481 e. The van der Waals surface area contributed by atoms with Crippen LogP contribution in [0.1, 0.15) is 24.1 Å². The second kappa shape index (κ2) is 3.68. The van der Waals surface area contributed by atoms with Crippen molar-refractivity contribution in [2.24, 2.45) is 0 Å². The van der Waals surface area contributed by atoms with Gasteiger partial charge in [0.05, 0.1) is 17.2 Å². The monoisotopic (exact) mass is 176 g/mol. The van der Waals surface area contributed by atoms with Gasteiger partial charge in [-0.1, -0.05) is 0 Å². The number of hydrogen-bond donors (Lipinski definition) is 1. The third-order valence-corrected chi connectivity index (χ3v) is 1.73. The molecule has 1 atom stereocenters. The van der Waals surface area contributed by atoms with E-state index in [2.05, 4.69) is 4.98 Å². The Hall–Kier alpha value is -1.89. The second-order valence-electron chi connectivity index (χ2n) is 2.64. The fourth-order valence-electron chi connectivity index (χ4n) is 0.854. The summed E-state index contributed by atoms with van der Waals surface area (Å²) < 4.78 is 0. The minimum absolute atomic E-state index is 0.432. The molecular formula is C9H8N2O2. The third kappa shape index (κ3) is 2.03. The highest BCUT2D eigenvalue weighted by atomic mass is 16.4. The first-order valence-electron chi connectivity index (χ1n) is 3.74. The van der Waals surface area contributed by atoms with Crippen LogP contribution in [0.2, 0.25) is 0 Å². The smallest absolute Gasteiger partial charge is 0.312 e. The number of aliphatic carboxylic acids is 1. The molecule has 0 saturated heterocycles. The van der Waals surface area contributed by atoms with Crippen LogP contribution in [0.15, 0.2) is 18.3 Å². The van der Waals surface area contributed by atoms with E-state index in [9.17, 15) is 4.79 Å². The number of carboxylic acid groups (broad SMARTS) is 1. The van der Waals surface area contributed by atoms with Gasteiger partial charge in [0.25, 0.3) is 0 Å². The summed E-state index contributed by atoms with van der Waals surface area (Å²) in [5.74, 6) is -1.55. The average Bonchev–Trinajstić information content (AvgIpc) is 2.17. The van der Waals surface area contributed by atoms with E-state index in [0.717, 1.165) is 0 Å². The van der Waals surface area contributed by atoms with E-state index in [1.165, 1.54) is 6.20 Å². The van der Waals surface area contributed by atoms with Crippen molar-refractivity contribution in [2.75, 3.05) is 0 Å². The number of rotatable bonds is 2. The number of nitrogens with zero attached hydrogens (tertiary/aromatic N) is 2. The Morgan fingerprint density at radius 3 is 2.77 bits per heavy atom. The average molecular weight is 176 g/mol. The first kappa shape index (κ1) is 9.20. The molecule has 1 heterocycles. The topological polar surface area (TPSA) is 74.0 Å². The van der Waals surface area contributed by atoms with E-state index in [4.69, 9.17) is 10.4 Å². The lowest BCUT2D eigenvalue weighted by atomic mass is 10.1. The van der Waals surface area contributed by atoms with Crippen molar-refractivity contribution in [2.45, 2.75) is 12.8 Å². The molecule has 0 aliphatic carbocycles. The fourth-order valence-corrected chi connectivity index (χ4v) is 0.854. The number of pyridine rings is 1. The molecule has 0 aliphatic heterocycles. The van der Waals surface area contributed by atoms with Crippen molar-refractivity contribution < 1.29 is 9.90 Å². The Morgan fingerprint density at radius 1 is 1.69 bits per heavy atom. The van der Waals surface area contributed by atoms with Gasteiger partial charge in [-0.3, -0.25) is 9.78 Å². The van der Waals surface area contributed by atoms with Gasteiger partial charge in [0.2, 0.25) is 0 Å². The summed E-state index contributed by atoms with van der Waals surface area (Å²) in [5, 5.41) is 17.1. The van der Waals surface area contributed by atoms with Gasteiger partial charge in [-0.15, -0.1) is 0 Å². The minimum atomic E-state index is -0.919. The number of carboxylic acids is 1. The molecule has 1 rings (SSSR count). The van der Waals surface area contributed by atoms with E-state index in [-0.39, 0.29) is 0 Å². The van der Waals surface area contributed by atoms with Crippen LogP contribution in [-0.2, 0) is 4.79 Å². The zero-order valence-corrected chi connectivity index (χ0v) is 7.06. The molecule has 1 N–H and O–H groups in total. The summed E-state index contributed by atoms with van der Waals surface area (Å²) in [6, 6.07) is 5.02. The van der Waals surface area contributed by atoms with Gasteiger partial charge in [0, 0.05) is 6.20 Å². The maximum atomic E-state index is 10.5. The van der Waals surface area contributed by atoms with Crippen molar-refractivity contribution in [1.82, 2.24) is 4.98 Å². The van der Waals surface area contributed by atoms with E-state index >= 15 is 0 Å². The van der Waals surface area contributed by atoms with Crippen LogP contribution >= 0.6 is 0 Å². The zero-order chi connectivity index (χ0) is 9.84. The van der Waals surface area contributed by atoms with Crippen LogP contribution in [0.5, 0.6) is 0 Å². The molecule has 66 valence electrons. The number of carbonyl (C=O) groups is 1. The summed E-state index contributed by atoms with van der Waals surface area (Å²) in [4.78, 5) is 14.4. The largest absolute Gasteiger partial charge is 0.481 e. The normalized spacial score (nSPS) is 11.7. The molecule has 0 amide bonds. The van der Waals surface area contributed by atoms with Crippen LogP contribution in [-0.4, -0.2) is 16.1 Å². The molecule has 1 aromatic heterocycles. The van der Waals surface area contributed by atoms with E-state index < -0.39 is 11.9 Å². The molecule has 4 nitrogen and oxygen atoms in total. The Bertz CT molecular complexity index is 351. The lowest BCUT2D eigenvalue weighted by Gasteiger charge is -2.03. The Kier molecular flexibility index (Phi) is 2.60. The van der Waals surface area contributed by atoms with Crippen LogP contribution < -0.4 is 0 Å². The molecule has 0 saturated carbocycles. The fraction of sp³-hybridized carbons (Fsp3) is 0.222. The second-order valence-corrected chi connectivity index (χ2v) is 2.64. The molecule has 0 spiro atoms. The summed E-state index contributed by atoms with van der Waals surface area (Å²) in [6.45, 7) is 1.55. The quantitative estimate of drug-likeness (QED) is 0.733. The van der Waals surface area contributed by atoms with Gasteiger partial charge in [-0.25, -0.2) is 0 Å². The third-order valence-electron chi connectivity index (χ3n) is 1.73. The molecule has 1 unspecified atom stereocenters. The molecule has 0 radical (unpaired) electrons. The molecule has 4 heteroatoms. The Morgan fingerprint density at radius 2 is 2.38 bits per heavy atom. The highest BCUT2D eigenvalue weighted by molar-refractivity contribution is 5.74. The van der Waals surface area contributed by atoms with Gasteiger partial charge in [-0.2, -0.15) is 5.26 Å². The van der Waals surface area contributed by atoms with Crippen LogP contribution in [0.3, 0.4) is 0 Å². The van der Waals surface area contributed by atoms with E-state index in [1.54, 1.807) is 19.1 Å². The first-order valence-corrected chi connectivity index (χ1v) is 3.74. The Balaban J connectivity index is 2.93.